The van der Waals surface area contributed by atoms with E-state index in [0.29, 0.717) is 5.89 Å². The number of hydrogen-bond acceptors (Lipinski definition) is 4. The van der Waals surface area contributed by atoms with Gasteiger partial charge in [0.25, 0.3) is 0 Å². The highest BCUT2D eigenvalue weighted by molar-refractivity contribution is 6.17. The summed E-state index contributed by atoms with van der Waals surface area (Å²) in [7, 11) is 0. The fourth-order valence-electron chi connectivity index (χ4n) is 6.28. The maximum atomic E-state index is 6.44. The van der Waals surface area contributed by atoms with Crippen LogP contribution in [0, 0.1) is 0 Å². The van der Waals surface area contributed by atoms with E-state index in [1.807, 2.05) is 48.5 Å². The second kappa shape index (κ2) is 10.2. The number of oxazole rings is 1. The second-order valence-electron chi connectivity index (χ2n) is 11.2. The lowest BCUT2D eigenvalue weighted by molar-refractivity contribution is 0.619. The van der Waals surface area contributed by atoms with Crippen molar-refractivity contribution in [1.82, 2.24) is 4.98 Å². The Morgan fingerprint density at radius 2 is 1.09 bits per heavy atom. The molecule has 0 fully saturated rings. The molecule has 0 spiro atoms. The Kier molecular flexibility index (Phi) is 5.78. The summed E-state index contributed by atoms with van der Waals surface area (Å²) in [4.78, 5) is 7.16. The zero-order valence-corrected chi connectivity index (χ0v) is 24.2. The number of nitrogens with zero attached hydrogens (tertiary/aromatic N) is 2. The summed E-state index contributed by atoms with van der Waals surface area (Å²) in [5.41, 5.74) is 9.59. The van der Waals surface area contributed by atoms with Gasteiger partial charge < -0.3 is 13.7 Å². The second-order valence-corrected chi connectivity index (χ2v) is 11.2. The molecule has 45 heavy (non-hydrogen) atoms. The van der Waals surface area contributed by atoms with Crippen LogP contribution in [0.5, 0.6) is 0 Å². The predicted octanol–water partition coefficient (Wildman–Crippen LogP) is 11.7. The zero-order chi connectivity index (χ0) is 29.7. The molecule has 0 unspecified atom stereocenters. The molecule has 0 aliphatic heterocycles. The van der Waals surface area contributed by atoms with Crippen molar-refractivity contribution in [1.29, 1.82) is 0 Å². The Bertz CT molecular complexity index is 2480. The molecule has 0 bridgehead atoms. The summed E-state index contributed by atoms with van der Waals surface area (Å²) in [5.74, 6) is 0.603. The van der Waals surface area contributed by atoms with Crippen LogP contribution in [-0.2, 0) is 0 Å². The molecule has 2 aromatic heterocycles. The molecule has 9 aromatic rings. The summed E-state index contributed by atoms with van der Waals surface area (Å²) < 4.78 is 12.6. The monoisotopic (exact) mass is 578 g/mol. The van der Waals surface area contributed by atoms with E-state index in [0.717, 1.165) is 55.7 Å². The third-order valence-corrected chi connectivity index (χ3v) is 8.48. The van der Waals surface area contributed by atoms with Crippen molar-refractivity contribution in [3.05, 3.63) is 158 Å². The number of furan rings is 1. The van der Waals surface area contributed by atoms with E-state index in [2.05, 4.69) is 114 Å². The highest BCUT2D eigenvalue weighted by Gasteiger charge is 2.19. The zero-order valence-electron chi connectivity index (χ0n) is 24.2. The van der Waals surface area contributed by atoms with E-state index in [4.69, 9.17) is 13.8 Å². The van der Waals surface area contributed by atoms with Gasteiger partial charge in [0.1, 0.15) is 16.7 Å². The summed E-state index contributed by atoms with van der Waals surface area (Å²) in [5, 5.41) is 4.45. The minimum absolute atomic E-state index is 0.603. The molecule has 4 heteroatoms. The Labute approximate surface area is 259 Å². The van der Waals surface area contributed by atoms with E-state index in [9.17, 15) is 0 Å². The van der Waals surface area contributed by atoms with Crippen LogP contribution in [0.3, 0.4) is 0 Å². The van der Waals surface area contributed by atoms with Crippen LogP contribution in [0.2, 0.25) is 0 Å². The average Bonchev–Trinajstić information content (AvgIpc) is 3.71. The molecule has 9 rings (SSSR count). The van der Waals surface area contributed by atoms with Crippen molar-refractivity contribution >= 4 is 60.9 Å². The number of para-hydroxylation sites is 1. The number of anilines is 3. The van der Waals surface area contributed by atoms with Gasteiger partial charge >= 0.3 is 0 Å². The van der Waals surface area contributed by atoms with Gasteiger partial charge in [0.2, 0.25) is 5.89 Å². The molecule has 2 heterocycles. The van der Waals surface area contributed by atoms with Gasteiger partial charge in [0, 0.05) is 34.1 Å². The number of rotatable bonds is 5. The van der Waals surface area contributed by atoms with E-state index in [1.54, 1.807) is 0 Å². The largest absolute Gasteiger partial charge is 0.456 e. The smallest absolute Gasteiger partial charge is 0.227 e. The number of fused-ring (bicyclic) bond motifs is 6. The maximum absolute atomic E-state index is 6.44. The molecule has 4 nitrogen and oxygen atoms in total. The average molecular weight is 579 g/mol. The number of hydrogen-bond donors (Lipinski definition) is 0. The molecule has 0 atom stereocenters. The van der Waals surface area contributed by atoms with Crippen LogP contribution in [-0.4, -0.2) is 4.98 Å². The Morgan fingerprint density at radius 1 is 0.422 bits per heavy atom. The number of aromatic nitrogens is 1. The molecule has 0 aliphatic carbocycles. The quantitative estimate of drug-likeness (QED) is 0.204. The Balaban J connectivity index is 1.14. The molecule has 212 valence electrons. The van der Waals surface area contributed by atoms with Crippen molar-refractivity contribution < 1.29 is 8.83 Å². The first-order valence-electron chi connectivity index (χ1n) is 15.0. The van der Waals surface area contributed by atoms with Crippen LogP contribution in [0.1, 0.15) is 0 Å². The van der Waals surface area contributed by atoms with Gasteiger partial charge in [-0.1, -0.05) is 84.9 Å². The van der Waals surface area contributed by atoms with Gasteiger partial charge in [-0.2, -0.15) is 0 Å². The predicted molar refractivity (Wildman–Crippen MR) is 184 cm³/mol. The van der Waals surface area contributed by atoms with Gasteiger partial charge in [-0.3, -0.25) is 0 Å². The summed E-state index contributed by atoms with van der Waals surface area (Å²) in [6.45, 7) is 0. The Hall–Kier alpha value is -6.13. The lowest BCUT2D eigenvalue weighted by atomic mass is 10.0. The minimum Gasteiger partial charge on any atom is -0.456 e. The third kappa shape index (κ3) is 4.35. The van der Waals surface area contributed by atoms with Gasteiger partial charge in [0.05, 0.1) is 5.39 Å². The van der Waals surface area contributed by atoms with E-state index < -0.39 is 0 Å². The first-order valence-corrected chi connectivity index (χ1v) is 15.0. The molecule has 0 N–H and O–H groups in total. The van der Waals surface area contributed by atoms with Crippen LogP contribution in [0.15, 0.2) is 167 Å². The summed E-state index contributed by atoms with van der Waals surface area (Å²) in [6.07, 6.45) is 0. The summed E-state index contributed by atoms with van der Waals surface area (Å²) >= 11 is 0. The number of benzene rings is 7. The topological polar surface area (TPSA) is 42.4 Å². The lowest BCUT2D eigenvalue weighted by Crippen LogP contribution is -2.09. The first kappa shape index (κ1) is 25.4. The highest BCUT2D eigenvalue weighted by Crippen LogP contribution is 2.41. The standard InChI is InChI=1S/C41H26N2O2/c1-3-10-29(11-4-1)41-42-40-37(45-41)24-23-36-39(40)35-22-21-34(26-38(35)44-36)43(32-13-5-2-6-14-32)33-19-17-28(18-20-33)31-16-15-27-9-7-8-12-30(27)25-31/h1-26H. The van der Waals surface area contributed by atoms with Gasteiger partial charge in [-0.15, -0.1) is 0 Å². The normalized spacial score (nSPS) is 11.6. The Morgan fingerprint density at radius 3 is 1.91 bits per heavy atom. The molecule has 0 radical (unpaired) electrons. The molecule has 0 aliphatic rings. The van der Waals surface area contributed by atoms with E-state index in [1.165, 1.54) is 21.9 Å². The van der Waals surface area contributed by atoms with Crippen molar-refractivity contribution in [3.8, 4) is 22.6 Å². The first-order chi connectivity index (χ1) is 22.3. The SMILES string of the molecule is c1ccc(-c2nc3c(ccc4oc5cc(N(c6ccccc6)c6ccc(-c7ccc8ccccc8c7)cc6)ccc5c43)o2)cc1. The highest BCUT2D eigenvalue weighted by atomic mass is 16.4. The van der Waals surface area contributed by atoms with Crippen LogP contribution < -0.4 is 4.90 Å². The molecule has 0 saturated carbocycles. The van der Waals surface area contributed by atoms with Crippen LogP contribution >= 0.6 is 0 Å². The van der Waals surface area contributed by atoms with Gasteiger partial charge in [-0.05, 0) is 88.6 Å². The van der Waals surface area contributed by atoms with Crippen LogP contribution in [0.25, 0.3) is 66.4 Å². The van der Waals surface area contributed by atoms with Gasteiger partial charge in [0.15, 0.2) is 5.58 Å². The van der Waals surface area contributed by atoms with Crippen molar-refractivity contribution in [2.45, 2.75) is 0 Å². The van der Waals surface area contributed by atoms with Gasteiger partial charge in [-0.25, -0.2) is 4.98 Å². The fourth-order valence-corrected chi connectivity index (χ4v) is 6.28. The van der Waals surface area contributed by atoms with E-state index in [-0.39, 0.29) is 0 Å². The maximum Gasteiger partial charge on any atom is 0.227 e. The minimum atomic E-state index is 0.603. The third-order valence-electron chi connectivity index (χ3n) is 8.48. The van der Waals surface area contributed by atoms with Crippen molar-refractivity contribution in [2.24, 2.45) is 0 Å². The molecular weight excluding hydrogens is 552 g/mol. The van der Waals surface area contributed by atoms with Crippen molar-refractivity contribution in [3.63, 3.8) is 0 Å². The van der Waals surface area contributed by atoms with E-state index >= 15 is 0 Å². The van der Waals surface area contributed by atoms with Crippen LogP contribution in [0.4, 0.5) is 17.1 Å². The molecular formula is C41H26N2O2. The van der Waals surface area contributed by atoms with Crippen molar-refractivity contribution in [2.75, 3.05) is 4.90 Å². The summed E-state index contributed by atoms with van der Waals surface area (Å²) in [6, 6.07) is 54.6. The molecule has 0 amide bonds. The molecule has 0 saturated heterocycles. The fraction of sp³-hybridized carbons (Fsp3) is 0. The lowest BCUT2D eigenvalue weighted by Gasteiger charge is -2.25. The molecule has 7 aromatic carbocycles.